The van der Waals surface area contributed by atoms with Crippen molar-refractivity contribution in [1.82, 2.24) is 0 Å². The molecule has 4 aromatic rings. The first-order valence-corrected chi connectivity index (χ1v) is 13.2. The molecule has 4 aromatic carbocycles. The quantitative estimate of drug-likeness (QED) is 0.266. The molecule has 0 saturated carbocycles. The highest BCUT2D eigenvalue weighted by atomic mass is 79.9. The molecule has 0 spiro atoms. The fourth-order valence-electron chi connectivity index (χ4n) is 5.91. The maximum Gasteiger partial charge on any atom is 0.233 e. The van der Waals surface area contributed by atoms with Crippen molar-refractivity contribution in [3.05, 3.63) is 110 Å². The van der Waals surface area contributed by atoms with Crippen molar-refractivity contribution < 1.29 is 4.79 Å². The summed E-state index contributed by atoms with van der Waals surface area (Å²) in [5.74, 6) is -0.312. The fourth-order valence-corrected chi connectivity index (χ4v) is 7.27. The van der Waals surface area contributed by atoms with Crippen LogP contribution < -0.4 is 10.2 Å². The Bertz CT molecular complexity index is 1540. The van der Waals surface area contributed by atoms with E-state index in [1.165, 1.54) is 33.2 Å². The zero-order valence-electron chi connectivity index (χ0n) is 19.5. The minimum absolute atomic E-state index is 0.0365. The third-order valence-corrected chi connectivity index (χ3v) is 8.48. The Kier molecular flexibility index (Phi) is 5.39. The van der Waals surface area contributed by atoms with Crippen molar-refractivity contribution in [3.8, 4) is 0 Å². The van der Waals surface area contributed by atoms with Crippen LogP contribution >= 0.6 is 31.9 Å². The molecule has 0 fully saturated rings. The average Bonchev–Trinajstić information content (AvgIpc) is 3.37. The van der Waals surface area contributed by atoms with Gasteiger partial charge in [-0.25, -0.2) is 0 Å². The molecule has 174 valence electrons. The lowest BCUT2D eigenvalue weighted by molar-refractivity contribution is -0.118. The number of nitrogens with one attached hydrogen (secondary N) is 1. The van der Waals surface area contributed by atoms with Gasteiger partial charge in [0.05, 0.1) is 11.6 Å². The Morgan fingerprint density at radius 2 is 1.69 bits per heavy atom. The van der Waals surface area contributed by atoms with E-state index in [1.807, 2.05) is 6.07 Å². The summed E-state index contributed by atoms with van der Waals surface area (Å²) >= 11 is 7.31. The van der Waals surface area contributed by atoms with E-state index in [-0.39, 0.29) is 11.8 Å². The van der Waals surface area contributed by atoms with Crippen LogP contribution in [-0.4, -0.2) is 20.0 Å². The fraction of sp³-hybridized carbons (Fsp3) is 0.167. The molecule has 2 atom stereocenters. The number of carbonyl (C=O) groups excluding carboxylic acids is 1. The summed E-state index contributed by atoms with van der Waals surface area (Å²) < 4.78 is 1.85. The summed E-state index contributed by atoms with van der Waals surface area (Å²) in [6.45, 7) is 0. The van der Waals surface area contributed by atoms with Crippen LogP contribution in [0.2, 0.25) is 0 Å². The summed E-state index contributed by atoms with van der Waals surface area (Å²) in [6, 6.07) is 25.6. The Morgan fingerprint density at radius 3 is 2.49 bits per heavy atom. The number of rotatable bonds is 4. The number of halogens is 2. The van der Waals surface area contributed by atoms with Crippen molar-refractivity contribution in [2.24, 2.45) is 0 Å². The van der Waals surface area contributed by atoms with Crippen LogP contribution in [0.1, 0.15) is 28.2 Å². The minimum atomic E-state index is -0.505. The van der Waals surface area contributed by atoms with Gasteiger partial charge in [-0.1, -0.05) is 82.7 Å². The zero-order valence-corrected chi connectivity index (χ0v) is 22.7. The van der Waals surface area contributed by atoms with Crippen LogP contribution in [0.15, 0.2) is 87.8 Å². The molecule has 0 radical (unpaired) electrons. The van der Waals surface area contributed by atoms with Crippen LogP contribution in [0, 0.1) is 0 Å². The first-order chi connectivity index (χ1) is 16.9. The number of anilines is 2. The van der Waals surface area contributed by atoms with Gasteiger partial charge < -0.3 is 10.2 Å². The van der Waals surface area contributed by atoms with Crippen LogP contribution in [0.3, 0.4) is 0 Å². The molecular weight excluding hydrogens is 564 g/mol. The Balaban J connectivity index is 1.59. The molecule has 35 heavy (non-hydrogen) atoms. The van der Waals surface area contributed by atoms with Crippen LogP contribution in [0.4, 0.5) is 11.4 Å². The van der Waals surface area contributed by atoms with Crippen LogP contribution in [0.25, 0.3) is 16.8 Å². The topological polar surface area (TPSA) is 32.3 Å². The molecular formula is C30H24Br2N2O. The van der Waals surface area contributed by atoms with E-state index in [1.54, 1.807) is 0 Å². The maximum atomic E-state index is 13.7. The first-order valence-electron chi connectivity index (χ1n) is 11.7. The van der Waals surface area contributed by atoms with Crippen molar-refractivity contribution in [1.29, 1.82) is 0 Å². The minimum Gasteiger partial charge on any atom is -0.377 e. The van der Waals surface area contributed by atoms with E-state index in [2.05, 4.69) is 135 Å². The number of amides is 1. The van der Waals surface area contributed by atoms with Crippen LogP contribution in [-0.2, 0) is 16.6 Å². The smallest absolute Gasteiger partial charge is 0.233 e. The lowest BCUT2D eigenvalue weighted by Gasteiger charge is -2.35. The molecule has 2 aliphatic rings. The van der Waals surface area contributed by atoms with E-state index in [9.17, 15) is 4.79 Å². The third-order valence-electron chi connectivity index (χ3n) is 7.40. The average molecular weight is 588 g/mol. The van der Waals surface area contributed by atoms with Gasteiger partial charge in [0.25, 0.3) is 0 Å². The summed E-state index contributed by atoms with van der Waals surface area (Å²) in [4.78, 5) is 15.9. The number of benzene rings is 4. The molecule has 1 N–H and O–H groups in total. The van der Waals surface area contributed by atoms with Gasteiger partial charge in [-0.2, -0.15) is 0 Å². The molecule has 1 amide bonds. The Hall–Kier alpha value is -2.89. The molecule has 5 heteroatoms. The molecule has 0 aromatic heterocycles. The number of hydrogen-bond donors (Lipinski definition) is 1. The summed E-state index contributed by atoms with van der Waals surface area (Å²) in [6.07, 6.45) is 5.17. The van der Waals surface area contributed by atoms with E-state index < -0.39 is 5.41 Å². The van der Waals surface area contributed by atoms with Gasteiger partial charge in [0.1, 0.15) is 0 Å². The zero-order chi connectivity index (χ0) is 24.3. The molecule has 3 nitrogen and oxygen atoms in total. The molecule has 0 bridgehead atoms. The molecule has 6 rings (SSSR count). The first kappa shape index (κ1) is 22.6. The highest BCUT2D eigenvalue weighted by molar-refractivity contribution is 9.11. The summed E-state index contributed by atoms with van der Waals surface area (Å²) in [5, 5.41) is 5.63. The van der Waals surface area contributed by atoms with Gasteiger partial charge in [0, 0.05) is 39.5 Å². The normalized spacial score (nSPS) is 20.1. The number of fused-ring (bicyclic) bond motifs is 3. The number of hydrogen-bond acceptors (Lipinski definition) is 2. The second-order valence-electron chi connectivity index (χ2n) is 9.60. The predicted octanol–water partition coefficient (Wildman–Crippen LogP) is 7.67. The SMILES string of the molecule is CN(C)c1ccc(CC2(C3C(=O)Nc4c(Br)cc(Br)cc43)C=Cc3ccccc32)c2ccccc12. The van der Waals surface area contributed by atoms with Gasteiger partial charge in [-0.05, 0) is 68.2 Å². The standard InChI is InChI=1S/C30H24Br2N2O/c1-34(2)26-12-11-19(21-8-4-5-9-22(21)26)17-30(14-13-18-7-3-6-10-24(18)30)27-23-15-20(31)16-25(32)28(23)33-29(27)35/h3-16,27H,17H2,1-2H3,(H,33,35). The molecule has 0 saturated heterocycles. The third kappa shape index (κ3) is 3.47. The van der Waals surface area contributed by atoms with Crippen LogP contribution in [0.5, 0.6) is 0 Å². The van der Waals surface area contributed by atoms with E-state index in [0.29, 0.717) is 0 Å². The molecule has 1 aliphatic heterocycles. The van der Waals surface area contributed by atoms with Crippen molar-refractivity contribution in [2.45, 2.75) is 17.8 Å². The van der Waals surface area contributed by atoms with Crippen molar-refractivity contribution >= 4 is 66.0 Å². The summed E-state index contributed by atoms with van der Waals surface area (Å²) in [5.41, 5.74) is 6.19. The van der Waals surface area contributed by atoms with E-state index in [0.717, 1.165) is 26.6 Å². The number of allylic oxidation sites excluding steroid dienone is 1. The van der Waals surface area contributed by atoms with Gasteiger partial charge in [-0.3, -0.25) is 4.79 Å². The molecule has 1 aliphatic carbocycles. The number of nitrogens with zero attached hydrogens (tertiary/aromatic N) is 1. The van der Waals surface area contributed by atoms with Gasteiger partial charge >= 0.3 is 0 Å². The van der Waals surface area contributed by atoms with E-state index in [4.69, 9.17) is 0 Å². The second-order valence-corrected chi connectivity index (χ2v) is 11.4. The summed E-state index contributed by atoms with van der Waals surface area (Å²) in [7, 11) is 4.16. The monoisotopic (exact) mass is 586 g/mol. The highest BCUT2D eigenvalue weighted by Gasteiger charge is 2.50. The molecule has 2 unspecified atom stereocenters. The maximum absolute atomic E-state index is 13.7. The van der Waals surface area contributed by atoms with Crippen molar-refractivity contribution in [3.63, 3.8) is 0 Å². The Labute approximate surface area is 222 Å². The lowest BCUT2D eigenvalue weighted by Crippen LogP contribution is -2.37. The Morgan fingerprint density at radius 1 is 0.943 bits per heavy atom. The predicted molar refractivity (Wildman–Crippen MR) is 152 cm³/mol. The van der Waals surface area contributed by atoms with Crippen molar-refractivity contribution in [2.75, 3.05) is 24.3 Å². The number of carbonyl (C=O) groups is 1. The van der Waals surface area contributed by atoms with E-state index >= 15 is 0 Å². The van der Waals surface area contributed by atoms with Gasteiger partial charge in [0.15, 0.2) is 0 Å². The van der Waals surface area contributed by atoms with Gasteiger partial charge in [-0.15, -0.1) is 0 Å². The molecule has 1 heterocycles. The highest BCUT2D eigenvalue weighted by Crippen LogP contribution is 2.54. The second kappa shape index (κ2) is 8.35. The largest absolute Gasteiger partial charge is 0.377 e. The lowest BCUT2D eigenvalue weighted by atomic mass is 9.65. The van der Waals surface area contributed by atoms with Gasteiger partial charge in [0.2, 0.25) is 5.91 Å².